The van der Waals surface area contributed by atoms with Gasteiger partial charge < -0.3 is 14.8 Å². The third-order valence-corrected chi connectivity index (χ3v) is 6.37. The van der Waals surface area contributed by atoms with Gasteiger partial charge in [-0.3, -0.25) is 4.98 Å². The van der Waals surface area contributed by atoms with Gasteiger partial charge in [-0.25, -0.2) is 4.39 Å². The van der Waals surface area contributed by atoms with Crippen molar-refractivity contribution < 1.29 is 4.39 Å². The highest BCUT2D eigenvalue weighted by atomic mass is 32.1. The molecule has 0 spiro atoms. The number of thiocarbonyl (C=S) groups is 1. The zero-order valence-electron chi connectivity index (χ0n) is 16.0. The van der Waals surface area contributed by atoms with E-state index in [1.54, 1.807) is 0 Å². The van der Waals surface area contributed by atoms with Crippen molar-refractivity contribution in [2.45, 2.75) is 43.8 Å². The molecule has 3 aromatic rings. The third kappa shape index (κ3) is 3.31. The van der Waals surface area contributed by atoms with Gasteiger partial charge in [-0.2, -0.15) is 0 Å². The van der Waals surface area contributed by atoms with Crippen molar-refractivity contribution in [1.82, 2.24) is 19.8 Å². The maximum Gasteiger partial charge on any atom is 0.170 e. The van der Waals surface area contributed by atoms with Crippen molar-refractivity contribution in [3.05, 3.63) is 84.2 Å². The van der Waals surface area contributed by atoms with E-state index in [1.165, 1.54) is 25.0 Å². The van der Waals surface area contributed by atoms with E-state index in [0.717, 1.165) is 35.0 Å². The van der Waals surface area contributed by atoms with Gasteiger partial charge in [0.05, 0.1) is 17.8 Å². The number of hydrogen-bond donors (Lipinski definition) is 1. The predicted molar refractivity (Wildman–Crippen MR) is 115 cm³/mol. The number of nitrogens with one attached hydrogen (secondary N) is 1. The van der Waals surface area contributed by atoms with Gasteiger partial charge in [-0.05, 0) is 73.6 Å². The molecular weight excluding hydrogens is 383 g/mol. The van der Waals surface area contributed by atoms with Gasteiger partial charge in [0.1, 0.15) is 5.82 Å². The lowest BCUT2D eigenvalue weighted by Gasteiger charge is -2.33. The van der Waals surface area contributed by atoms with E-state index in [9.17, 15) is 4.39 Å². The van der Waals surface area contributed by atoms with Gasteiger partial charge in [0.2, 0.25) is 0 Å². The van der Waals surface area contributed by atoms with Crippen LogP contribution in [0, 0.1) is 5.82 Å². The maximum absolute atomic E-state index is 13.5. The van der Waals surface area contributed by atoms with E-state index in [0.29, 0.717) is 6.04 Å². The SMILES string of the molecule is Fc1ccc(-n2cccc2C2C(c3ccccn3)NC(=S)N2C2CCCC2)cc1. The number of halogens is 1. The van der Waals surface area contributed by atoms with Crippen molar-refractivity contribution in [3.63, 3.8) is 0 Å². The number of nitrogens with zero attached hydrogens (tertiary/aromatic N) is 3. The number of pyridine rings is 1. The Labute approximate surface area is 175 Å². The van der Waals surface area contributed by atoms with Crippen molar-refractivity contribution in [1.29, 1.82) is 0 Å². The molecule has 1 N–H and O–H groups in total. The highest BCUT2D eigenvalue weighted by Crippen LogP contribution is 2.43. The van der Waals surface area contributed by atoms with E-state index >= 15 is 0 Å². The van der Waals surface area contributed by atoms with Gasteiger partial charge in [0.25, 0.3) is 0 Å². The largest absolute Gasteiger partial charge is 0.352 e. The summed E-state index contributed by atoms with van der Waals surface area (Å²) in [5.74, 6) is -0.231. The lowest BCUT2D eigenvalue weighted by atomic mass is 9.99. The molecule has 4 nitrogen and oxygen atoms in total. The Bertz CT molecular complexity index is 995. The number of aromatic nitrogens is 2. The molecule has 148 valence electrons. The second-order valence-electron chi connectivity index (χ2n) is 7.75. The molecule has 1 aromatic carbocycles. The smallest absolute Gasteiger partial charge is 0.170 e. The van der Waals surface area contributed by atoms with Crippen LogP contribution < -0.4 is 5.32 Å². The van der Waals surface area contributed by atoms with Crippen LogP contribution in [0.1, 0.15) is 49.2 Å². The van der Waals surface area contributed by atoms with Crippen LogP contribution in [0.2, 0.25) is 0 Å². The Morgan fingerprint density at radius 3 is 2.52 bits per heavy atom. The predicted octanol–water partition coefficient (Wildman–Crippen LogP) is 4.93. The minimum atomic E-state index is -0.231. The lowest BCUT2D eigenvalue weighted by molar-refractivity contribution is 0.239. The molecule has 3 heterocycles. The molecule has 2 atom stereocenters. The van der Waals surface area contributed by atoms with Gasteiger partial charge in [-0.15, -0.1) is 0 Å². The highest BCUT2D eigenvalue weighted by molar-refractivity contribution is 7.80. The zero-order chi connectivity index (χ0) is 19.8. The summed E-state index contributed by atoms with van der Waals surface area (Å²) < 4.78 is 15.6. The van der Waals surface area contributed by atoms with Gasteiger partial charge in [-0.1, -0.05) is 18.9 Å². The monoisotopic (exact) mass is 406 g/mol. The first-order chi connectivity index (χ1) is 14.2. The summed E-state index contributed by atoms with van der Waals surface area (Å²) in [5.41, 5.74) is 3.05. The molecule has 2 aliphatic rings. The van der Waals surface area contributed by atoms with Crippen LogP contribution in [0.4, 0.5) is 4.39 Å². The lowest BCUT2D eigenvalue weighted by Crippen LogP contribution is -2.38. The zero-order valence-corrected chi connectivity index (χ0v) is 16.9. The molecule has 1 saturated carbocycles. The van der Waals surface area contributed by atoms with Gasteiger partial charge in [0.15, 0.2) is 5.11 Å². The molecule has 1 aliphatic heterocycles. The molecular formula is C23H23FN4S. The standard InChI is InChI=1S/C23H23FN4S/c24-16-10-12-17(13-11-16)27-15-5-9-20(27)22-21(19-8-3-4-14-25-19)26-23(29)28(22)18-6-1-2-7-18/h3-5,8-15,18,21-22H,1-2,6-7H2,(H,26,29). The van der Waals surface area contributed by atoms with Gasteiger partial charge in [0, 0.05) is 29.8 Å². The fourth-order valence-electron chi connectivity index (χ4n) is 4.73. The molecule has 0 bridgehead atoms. The summed E-state index contributed by atoms with van der Waals surface area (Å²) in [6.07, 6.45) is 8.66. The summed E-state index contributed by atoms with van der Waals surface area (Å²) >= 11 is 5.81. The van der Waals surface area contributed by atoms with Crippen molar-refractivity contribution in [2.75, 3.05) is 0 Å². The van der Waals surface area contributed by atoms with Crippen LogP contribution >= 0.6 is 12.2 Å². The summed E-state index contributed by atoms with van der Waals surface area (Å²) in [5, 5.41) is 4.34. The van der Waals surface area contributed by atoms with Crippen LogP contribution in [0.25, 0.3) is 5.69 Å². The van der Waals surface area contributed by atoms with E-state index in [4.69, 9.17) is 12.2 Å². The van der Waals surface area contributed by atoms with E-state index in [-0.39, 0.29) is 17.9 Å². The minimum Gasteiger partial charge on any atom is -0.352 e. The number of rotatable bonds is 4. The maximum atomic E-state index is 13.5. The first kappa shape index (κ1) is 18.3. The van der Waals surface area contributed by atoms with Crippen LogP contribution in [-0.2, 0) is 0 Å². The third-order valence-electron chi connectivity index (χ3n) is 6.04. The van der Waals surface area contributed by atoms with Crippen LogP contribution in [0.15, 0.2) is 67.0 Å². The fourth-order valence-corrected chi connectivity index (χ4v) is 5.12. The first-order valence-corrected chi connectivity index (χ1v) is 10.6. The molecule has 1 saturated heterocycles. The fraction of sp³-hybridized carbons (Fsp3) is 0.304. The van der Waals surface area contributed by atoms with Crippen molar-refractivity contribution in [2.24, 2.45) is 0 Å². The Kier molecular flexibility index (Phi) is 4.79. The van der Waals surface area contributed by atoms with Gasteiger partial charge >= 0.3 is 0 Å². The second kappa shape index (κ2) is 7.59. The van der Waals surface area contributed by atoms with Crippen LogP contribution in [-0.4, -0.2) is 25.6 Å². The normalized spacial score (nSPS) is 22.2. The molecule has 2 fully saturated rings. The molecule has 1 aliphatic carbocycles. The van der Waals surface area contributed by atoms with Crippen LogP contribution in [0.5, 0.6) is 0 Å². The highest BCUT2D eigenvalue weighted by Gasteiger charge is 2.44. The Balaban J connectivity index is 1.61. The van der Waals surface area contributed by atoms with Crippen LogP contribution in [0.3, 0.4) is 0 Å². The molecule has 29 heavy (non-hydrogen) atoms. The Morgan fingerprint density at radius 1 is 1.00 bits per heavy atom. The number of benzene rings is 1. The Hall–Kier alpha value is -2.73. The first-order valence-electron chi connectivity index (χ1n) is 10.2. The molecule has 0 amide bonds. The average molecular weight is 407 g/mol. The molecule has 2 unspecified atom stereocenters. The summed E-state index contributed by atoms with van der Waals surface area (Å²) in [6, 6.07) is 17.3. The van der Waals surface area contributed by atoms with E-state index in [2.05, 4.69) is 31.9 Å². The quantitative estimate of drug-likeness (QED) is 0.623. The second-order valence-corrected chi connectivity index (χ2v) is 8.14. The topological polar surface area (TPSA) is 33.1 Å². The average Bonchev–Trinajstić information content (AvgIpc) is 3.48. The number of hydrogen-bond acceptors (Lipinski definition) is 2. The van der Waals surface area contributed by atoms with E-state index < -0.39 is 0 Å². The molecule has 0 radical (unpaired) electrons. The summed E-state index contributed by atoms with van der Waals surface area (Å²) in [6.45, 7) is 0. The summed E-state index contributed by atoms with van der Waals surface area (Å²) in [4.78, 5) is 7.01. The van der Waals surface area contributed by atoms with Crippen molar-refractivity contribution in [3.8, 4) is 5.69 Å². The Morgan fingerprint density at radius 2 is 1.79 bits per heavy atom. The molecule has 2 aromatic heterocycles. The molecule has 5 rings (SSSR count). The van der Waals surface area contributed by atoms with Crippen molar-refractivity contribution >= 4 is 17.3 Å². The molecule has 6 heteroatoms. The summed E-state index contributed by atoms with van der Waals surface area (Å²) in [7, 11) is 0. The van der Waals surface area contributed by atoms with E-state index in [1.807, 2.05) is 42.7 Å². The minimum absolute atomic E-state index is 0.0283.